The molecule has 31 heavy (non-hydrogen) atoms. The summed E-state index contributed by atoms with van der Waals surface area (Å²) < 4.78 is 23.8. The Kier molecular flexibility index (Phi) is 10.0. The van der Waals surface area contributed by atoms with Gasteiger partial charge < -0.3 is 18.9 Å². The second-order valence-corrected chi connectivity index (χ2v) is 8.62. The van der Waals surface area contributed by atoms with Crippen molar-refractivity contribution >= 4 is 5.78 Å². The molecule has 1 saturated heterocycles. The number of ketones is 1. The van der Waals surface area contributed by atoms with E-state index in [0.717, 1.165) is 38.7 Å². The lowest BCUT2D eigenvalue weighted by Crippen LogP contribution is -2.29. The van der Waals surface area contributed by atoms with Gasteiger partial charge in [0.2, 0.25) is 6.29 Å². The fourth-order valence-corrected chi connectivity index (χ4v) is 4.51. The molecule has 0 aromatic rings. The third kappa shape index (κ3) is 7.44. The van der Waals surface area contributed by atoms with Crippen molar-refractivity contribution < 1.29 is 23.7 Å². The lowest BCUT2D eigenvalue weighted by Gasteiger charge is -2.28. The van der Waals surface area contributed by atoms with Crippen molar-refractivity contribution in [2.75, 3.05) is 6.61 Å². The van der Waals surface area contributed by atoms with Crippen LogP contribution in [0.5, 0.6) is 0 Å². The SMILES string of the molecule is C=CC[C@H]1C(=O)C[C@@H](O[C@@H]2C=CC=CO2)[C@@H]1C=C[C@H](CCCCC)OC1CCCCO1. The molecule has 0 amide bonds. The Labute approximate surface area is 187 Å². The van der Waals surface area contributed by atoms with E-state index in [0.29, 0.717) is 12.8 Å². The van der Waals surface area contributed by atoms with E-state index in [2.05, 4.69) is 25.7 Å². The maximum atomic E-state index is 12.7. The molecule has 0 aromatic carbocycles. The lowest BCUT2D eigenvalue weighted by atomic mass is 9.90. The van der Waals surface area contributed by atoms with Crippen LogP contribution >= 0.6 is 0 Å². The van der Waals surface area contributed by atoms with E-state index in [-0.39, 0.29) is 36.1 Å². The Morgan fingerprint density at radius 1 is 1.29 bits per heavy atom. The topological polar surface area (TPSA) is 54.0 Å². The molecular formula is C26H38O5. The Balaban J connectivity index is 1.68. The summed E-state index contributed by atoms with van der Waals surface area (Å²) in [6, 6.07) is 0. The van der Waals surface area contributed by atoms with Gasteiger partial charge in [-0.1, -0.05) is 50.5 Å². The zero-order valence-corrected chi connectivity index (χ0v) is 18.8. The zero-order chi connectivity index (χ0) is 21.9. The highest BCUT2D eigenvalue weighted by Crippen LogP contribution is 2.36. The smallest absolute Gasteiger partial charge is 0.219 e. The highest BCUT2D eigenvalue weighted by molar-refractivity contribution is 5.84. The molecule has 5 nitrogen and oxygen atoms in total. The summed E-state index contributed by atoms with van der Waals surface area (Å²) >= 11 is 0. The van der Waals surface area contributed by atoms with Gasteiger partial charge in [-0.25, -0.2) is 0 Å². The predicted octanol–water partition coefficient (Wildman–Crippen LogP) is 5.63. The number of hydrogen-bond acceptors (Lipinski definition) is 5. The molecule has 0 bridgehead atoms. The molecule has 1 aliphatic carbocycles. The lowest BCUT2D eigenvalue weighted by molar-refractivity contribution is -0.179. The number of ether oxygens (including phenoxy) is 4. The van der Waals surface area contributed by atoms with Gasteiger partial charge in [0.05, 0.1) is 18.5 Å². The van der Waals surface area contributed by atoms with Crippen LogP contribution in [0, 0.1) is 11.8 Å². The normalized spacial score (nSPS) is 31.8. The fraction of sp³-hybridized carbons (Fsp3) is 0.654. The molecule has 172 valence electrons. The molecule has 2 aliphatic heterocycles. The first-order valence-electron chi connectivity index (χ1n) is 11.9. The largest absolute Gasteiger partial charge is 0.469 e. The van der Waals surface area contributed by atoms with Gasteiger partial charge in [0.25, 0.3) is 0 Å². The standard InChI is InChI=1S/C26H38O5/c1-3-5-6-12-20(30-25-13-7-9-17-28-25)15-16-22-21(11-4-2)23(27)19-24(22)31-26-14-8-10-18-29-26/h4,8,10,14-16,18,20-22,24-26H,2-3,5-7,9,11-13,17,19H2,1H3/t20-,21+,22+,24+,25?,26+/m0/s1. The Hall–Kier alpha value is -1.69. The number of hydrogen-bond donors (Lipinski definition) is 0. The van der Waals surface area contributed by atoms with Crippen LogP contribution in [0.25, 0.3) is 0 Å². The van der Waals surface area contributed by atoms with Crippen LogP contribution in [0.1, 0.15) is 64.7 Å². The van der Waals surface area contributed by atoms with Crippen molar-refractivity contribution in [1.29, 1.82) is 0 Å². The highest BCUT2D eigenvalue weighted by atomic mass is 16.7. The highest BCUT2D eigenvalue weighted by Gasteiger charge is 2.42. The van der Waals surface area contributed by atoms with Crippen LogP contribution in [-0.2, 0) is 23.7 Å². The summed E-state index contributed by atoms with van der Waals surface area (Å²) in [5.41, 5.74) is 0. The van der Waals surface area contributed by atoms with E-state index in [1.807, 2.05) is 24.3 Å². The maximum absolute atomic E-state index is 12.7. The second-order valence-electron chi connectivity index (χ2n) is 8.62. The quantitative estimate of drug-likeness (QED) is 0.297. The first kappa shape index (κ1) is 24.0. The number of carbonyl (C=O) groups is 1. The van der Waals surface area contributed by atoms with E-state index in [9.17, 15) is 4.79 Å². The summed E-state index contributed by atoms with van der Waals surface area (Å²) in [7, 11) is 0. The van der Waals surface area contributed by atoms with Gasteiger partial charge >= 0.3 is 0 Å². The number of unbranched alkanes of at least 4 members (excludes halogenated alkanes) is 2. The number of rotatable bonds is 12. The molecule has 3 aliphatic rings. The molecule has 1 saturated carbocycles. The van der Waals surface area contributed by atoms with Crippen LogP contribution in [0.3, 0.4) is 0 Å². The number of Topliss-reactive ketones (excluding diaryl/α,β-unsaturated/α-hetero) is 1. The zero-order valence-electron chi connectivity index (χ0n) is 18.8. The third-order valence-corrected chi connectivity index (χ3v) is 6.21. The molecule has 1 unspecified atom stereocenters. The second kappa shape index (κ2) is 13.0. The van der Waals surface area contributed by atoms with Crippen molar-refractivity contribution in [3.63, 3.8) is 0 Å². The molecule has 0 N–H and O–H groups in total. The van der Waals surface area contributed by atoms with E-state index in [4.69, 9.17) is 18.9 Å². The number of allylic oxidation sites excluding steroid dienone is 3. The van der Waals surface area contributed by atoms with Crippen LogP contribution in [0.2, 0.25) is 0 Å². The summed E-state index contributed by atoms with van der Waals surface area (Å²) in [5, 5.41) is 0. The van der Waals surface area contributed by atoms with Crippen molar-refractivity contribution in [2.45, 2.75) is 89.5 Å². The summed E-state index contributed by atoms with van der Waals surface area (Å²) in [4.78, 5) is 12.7. The molecule has 0 spiro atoms. The predicted molar refractivity (Wildman–Crippen MR) is 121 cm³/mol. The van der Waals surface area contributed by atoms with Crippen LogP contribution in [-0.4, -0.2) is 37.2 Å². The van der Waals surface area contributed by atoms with Crippen molar-refractivity contribution in [1.82, 2.24) is 0 Å². The van der Waals surface area contributed by atoms with Gasteiger partial charge in [-0.15, -0.1) is 6.58 Å². The van der Waals surface area contributed by atoms with Crippen molar-refractivity contribution in [2.24, 2.45) is 11.8 Å². The molecule has 3 rings (SSSR count). The number of carbonyl (C=O) groups excluding carboxylic acids is 1. The molecule has 5 heteroatoms. The maximum Gasteiger partial charge on any atom is 0.219 e. The first-order chi connectivity index (χ1) is 15.2. The molecular weight excluding hydrogens is 392 g/mol. The van der Waals surface area contributed by atoms with Crippen molar-refractivity contribution in [3.05, 3.63) is 49.3 Å². The fourth-order valence-electron chi connectivity index (χ4n) is 4.51. The van der Waals surface area contributed by atoms with Gasteiger partial charge in [-0.2, -0.15) is 0 Å². The van der Waals surface area contributed by atoms with Gasteiger partial charge in [-0.3, -0.25) is 4.79 Å². The molecule has 0 aromatic heterocycles. The molecule has 6 atom stereocenters. The van der Waals surface area contributed by atoms with Crippen LogP contribution in [0.15, 0.2) is 49.3 Å². The average molecular weight is 431 g/mol. The van der Waals surface area contributed by atoms with E-state index in [1.165, 1.54) is 12.8 Å². The minimum Gasteiger partial charge on any atom is -0.469 e. The van der Waals surface area contributed by atoms with Gasteiger partial charge in [0, 0.05) is 24.9 Å². The average Bonchev–Trinajstić information content (AvgIpc) is 3.07. The first-order valence-corrected chi connectivity index (χ1v) is 11.9. The van der Waals surface area contributed by atoms with Gasteiger partial charge in [0.15, 0.2) is 6.29 Å². The third-order valence-electron chi connectivity index (χ3n) is 6.21. The summed E-state index contributed by atoms with van der Waals surface area (Å²) in [6.07, 6.45) is 21.2. The molecule has 2 fully saturated rings. The van der Waals surface area contributed by atoms with E-state index in [1.54, 1.807) is 6.26 Å². The van der Waals surface area contributed by atoms with E-state index >= 15 is 0 Å². The Morgan fingerprint density at radius 3 is 2.90 bits per heavy atom. The van der Waals surface area contributed by atoms with Crippen molar-refractivity contribution in [3.8, 4) is 0 Å². The van der Waals surface area contributed by atoms with E-state index < -0.39 is 6.29 Å². The van der Waals surface area contributed by atoms with Gasteiger partial charge in [-0.05, 0) is 44.3 Å². The Morgan fingerprint density at radius 2 is 2.19 bits per heavy atom. The Bertz CT molecular complexity index is 646. The van der Waals surface area contributed by atoms with Crippen LogP contribution < -0.4 is 0 Å². The minimum atomic E-state index is -0.451. The summed E-state index contributed by atoms with van der Waals surface area (Å²) in [6.45, 7) is 6.83. The van der Waals surface area contributed by atoms with Gasteiger partial charge in [0.1, 0.15) is 5.78 Å². The molecule has 2 heterocycles. The minimum absolute atomic E-state index is 0.0101. The monoisotopic (exact) mass is 430 g/mol. The summed E-state index contributed by atoms with van der Waals surface area (Å²) in [5.74, 6) is 0.107. The molecule has 0 radical (unpaired) electrons. The van der Waals surface area contributed by atoms with Crippen LogP contribution in [0.4, 0.5) is 0 Å².